The third-order valence-electron chi connectivity index (χ3n) is 5.63. The summed E-state index contributed by atoms with van der Waals surface area (Å²) in [4.78, 5) is 44.6. The molecule has 0 aliphatic heterocycles. The number of fused-ring (bicyclic) bond motifs is 3. The molecule has 0 radical (unpaired) electrons. The Morgan fingerprint density at radius 3 is 2.75 bits per heavy atom. The van der Waals surface area contributed by atoms with Gasteiger partial charge in [-0.2, -0.15) is 0 Å². The van der Waals surface area contributed by atoms with E-state index in [1.165, 1.54) is 16.6 Å². The van der Waals surface area contributed by atoms with Crippen LogP contribution in [0, 0.1) is 5.92 Å². The standard InChI is InChI=1S/C23H25N3O4S2/c1-4-26-22(29)19-16-10-5-13(2)11-17(16)32-21(19)25-23(26)31-12-18(27)24-20(28)14-6-8-15(30-3)9-7-14/h6-9,13H,4-5,10-12H2,1-3H3,(H,24,27,28). The largest absolute Gasteiger partial charge is 0.497 e. The normalized spacial score (nSPS) is 15.4. The highest BCUT2D eigenvalue weighted by atomic mass is 32.2. The van der Waals surface area contributed by atoms with Crippen LogP contribution in [0.15, 0.2) is 34.2 Å². The number of aryl methyl sites for hydroxylation is 1. The molecule has 0 fully saturated rings. The summed E-state index contributed by atoms with van der Waals surface area (Å²) in [7, 11) is 1.54. The first-order valence-corrected chi connectivity index (χ1v) is 12.4. The number of imide groups is 1. The van der Waals surface area contributed by atoms with Gasteiger partial charge in [0.25, 0.3) is 11.5 Å². The van der Waals surface area contributed by atoms with Gasteiger partial charge in [-0.15, -0.1) is 11.3 Å². The summed E-state index contributed by atoms with van der Waals surface area (Å²) < 4.78 is 6.70. The molecule has 9 heteroatoms. The van der Waals surface area contributed by atoms with Crippen LogP contribution in [0.1, 0.15) is 41.1 Å². The molecule has 7 nitrogen and oxygen atoms in total. The van der Waals surface area contributed by atoms with Crippen LogP contribution in [0.4, 0.5) is 0 Å². The molecule has 3 aromatic rings. The van der Waals surface area contributed by atoms with E-state index in [0.29, 0.717) is 28.9 Å². The van der Waals surface area contributed by atoms with E-state index in [-0.39, 0.29) is 11.3 Å². The highest BCUT2D eigenvalue weighted by Crippen LogP contribution is 2.36. The predicted octanol–water partition coefficient (Wildman–Crippen LogP) is 3.66. The van der Waals surface area contributed by atoms with Gasteiger partial charge in [0, 0.05) is 17.0 Å². The van der Waals surface area contributed by atoms with Crippen LogP contribution in [0.3, 0.4) is 0 Å². The summed E-state index contributed by atoms with van der Waals surface area (Å²) in [5, 5.41) is 3.63. The van der Waals surface area contributed by atoms with Gasteiger partial charge >= 0.3 is 0 Å². The number of carbonyl (C=O) groups excluding carboxylic acids is 2. The molecule has 0 spiro atoms. The number of thiophene rings is 1. The van der Waals surface area contributed by atoms with Crippen LogP contribution in [-0.4, -0.2) is 34.2 Å². The number of rotatable bonds is 6. The lowest BCUT2D eigenvalue weighted by molar-refractivity contribution is -0.117. The number of benzene rings is 1. The molecule has 32 heavy (non-hydrogen) atoms. The van der Waals surface area contributed by atoms with Gasteiger partial charge in [-0.1, -0.05) is 18.7 Å². The van der Waals surface area contributed by atoms with Crippen LogP contribution in [0.2, 0.25) is 0 Å². The molecule has 1 aromatic carbocycles. The fourth-order valence-electron chi connectivity index (χ4n) is 3.90. The second-order valence-electron chi connectivity index (χ2n) is 7.87. The summed E-state index contributed by atoms with van der Waals surface area (Å²) in [6.45, 7) is 4.60. The Morgan fingerprint density at radius 2 is 2.06 bits per heavy atom. The van der Waals surface area contributed by atoms with Crippen molar-refractivity contribution < 1.29 is 14.3 Å². The molecule has 1 aliphatic carbocycles. The SMILES string of the molecule is CCn1c(SCC(=O)NC(=O)c2ccc(OC)cc2)nc2sc3c(c2c1=O)CCC(C)C3. The molecule has 2 aromatic heterocycles. The van der Waals surface area contributed by atoms with E-state index in [0.717, 1.165) is 35.0 Å². The maximum absolute atomic E-state index is 13.2. The van der Waals surface area contributed by atoms with Gasteiger partial charge < -0.3 is 4.74 Å². The first-order chi connectivity index (χ1) is 15.4. The molecule has 1 unspecified atom stereocenters. The van der Waals surface area contributed by atoms with Crippen molar-refractivity contribution in [2.24, 2.45) is 5.92 Å². The average Bonchev–Trinajstić information content (AvgIpc) is 3.15. The Bertz CT molecular complexity index is 1230. The van der Waals surface area contributed by atoms with Crippen molar-refractivity contribution in [3.8, 4) is 5.75 Å². The summed E-state index contributed by atoms with van der Waals surface area (Å²) in [6, 6.07) is 6.51. The van der Waals surface area contributed by atoms with Crippen LogP contribution in [0.25, 0.3) is 10.2 Å². The van der Waals surface area contributed by atoms with Gasteiger partial charge in [0.15, 0.2) is 5.16 Å². The van der Waals surface area contributed by atoms with Crippen molar-refractivity contribution in [1.82, 2.24) is 14.9 Å². The number of methoxy groups -OCH3 is 1. The van der Waals surface area contributed by atoms with E-state index in [4.69, 9.17) is 9.72 Å². The number of hydrogen-bond acceptors (Lipinski definition) is 7. The lowest BCUT2D eigenvalue weighted by Crippen LogP contribution is -2.32. The minimum atomic E-state index is -0.477. The monoisotopic (exact) mass is 471 g/mol. The van der Waals surface area contributed by atoms with Crippen LogP contribution in [0.5, 0.6) is 5.75 Å². The number of hydrogen-bond donors (Lipinski definition) is 1. The maximum atomic E-state index is 13.2. The zero-order valence-corrected chi connectivity index (χ0v) is 19.9. The maximum Gasteiger partial charge on any atom is 0.263 e. The minimum absolute atomic E-state index is 0.0119. The lowest BCUT2D eigenvalue weighted by Gasteiger charge is -2.17. The fourth-order valence-corrected chi connectivity index (χ4v) is 6.19. The van der Waals surface area contributed by atoms with Gasteiger partial charge in [0.2, 0.25) is 5.91 Å². The third-order valence-corrected chi connectivity index (χ3v) is 7.76. The van der Waals surface area contributed by atoms with Gasteiger partial charge in [0.1, 0.15) is 10.6 Å². The summed E-state index contributed by atoms with van der Waals surface area (Å²) in [6.07, 6.45) is 2.99. The Kier molecular flexibility index (Phi) is 6.66. The average molecular weight is 472 g/mol. The van der Waals surface area contributed by atoms with Crippen molar-refractivity contribution in [2.45, 2.75) is 44.8 Å². The van der Waals surface area contributed by atoms with Gasteiger partial charge in [-0.25, -0.2) is 4.98 Å². The minimum Gasteiger partial charge on any atom is -0.497 e. The predicted molar refractivity (Wildman–Crippen MR) is 127 cm³/mol. The number of nitrogens with zero attached hydrogens (tertiary/aromatic N) is 2. The number of carbonyl (C=O) groups is 2. The molecular weight excluding hydrogens is 446 g/mol. The third kappa shape index (κ3) is 4.45. The van der Waals surface area contributed by atoms with E-state index >= 15 is 0 Å². The summed E-state index contributed by atoms with van der Waals surface area (Å²) >= 11 is 2.77. The quantitative estimate of drug-likeness (QED) is 0.436. The Morgan fingerprint density at radius 1 is 1.31 bits per heavy atom. The van der Waals surface area contributed by atoms with Crippen molar-refractivity contribution in [3.05, 3.63) is 50.6 Å². The van der Waals surface area contributed by atoms with E-state index in [9.17, 15) is 14.4 Å². The zero-order valence-electron chi connectivity index (χ0n) is 18.3. The molecule has 4 rings (SSSR count). The molecular formula is C23H25N3O4S2. The summed E-state index contributed by atoms with van der Waals surface area (Å²) in [5.41, 5.74) is 1.48. The van der Waals surface area contributed by atoms with Crippen LogP contribution < -0.4 is 15.6 Å². The second-order valence-corrected chi connectivity index (χ2v) is 9.90. The fraction of sp³-hybridized carbons (Fsp3) is 0.391. The van der Waals surface area contributed by atoms with Crippen LogP contribution >= 0.6 is 23.1 Å². The number of thioether (sulfide) groups is 1. The van der Waals surface area contributed by atoms with E-state index in [1.807, 2.05) is 6.92 Å². The number of nitrogens with one attached hydrogen (secondary N) is 1. The van der Waals surface area contributed by atoms with Gasteiger partial charge in [-0.3, -0.25) is 24.3 Å². The van der Waals surface area contributed by atoms with E-state index in [2.05, 4.69) is 12.2 Å². The molecule has 168 valence electrons. The Hall–Kier alpha value is -2.65. The number of ether oxygens (including phenoxy) is 1. The Balaban J connectivity index is 1.50. The molecule has 2 heterocycles. The lowest BCUT2D eigenvalue weighted by atomic mass is 9.89. The van der Waals surface area contributed by atoms with Gasteiger partial charge in [-0.05, 0) is 61.9 Å². The number of amides is 2. The molecule has 1 N–H and O–H groups in total. The summed E-state index contributed by atoms with van der Waals surface area (Å²) in [5.74, 6) is 0.320. The van der Waals surface area contributed by atoms with Crippen molar-refractivity contribution in [3.63, 3.8) is 0 Å². The molecule has 0 saturated heterocycles. The first kappa shape index (κ1) is 22.5. The number of aromatic nitrogens is 2. The smallest absolute Gasteiger partial charge is 0.263 e. The Labute approximate surface area is 194 Å². The van der Waals surface area contributed by atoms with E-state index < -0.39 is 11.8 Å². The topological polar surface area (TPSA) is 90.3 Å². The van der Waals surface area contributed by atoms with Crippen molar-refractivity contribution in [2.75, 3.05) is 12.9 Å². The zero-order chi connectivity index (χ0) is 22.8. The first-order valence-electron chi connectivity index (χ1n) is 10.6. The second kappa shape index (κ2) is 9.46. The van der Waals surface area contributed by atoms with Crippen molar-refractivity contribution in [1.29, 1.82) is 0 Å². The van der Waals surface area contributed by atoms with Crippen molar-refractivity contribution >= 4 is 45.1 Å². The highest BCUT2D eigenvalue weighted by Gasteiger charge is 2.24. The van der Waals surface area contributed by atoms with Crippen LogP contribution in [-0.2, 0) is 24.2 Å². The van der Waals surface area contributed by atoms with Gasteiger partial charge in [0.05, 0.1) is 18.2 Å². The molecule has 1 atom stereocenters. The van der Waals surface area contributed by atoms with E-state index in [1.54, 1.807) is 47.3 Å². The highest BCUT2D eigenvalue weighted by molar-refractivity contribution is 7.99. The molecule has 0 bridgehead atoms. The molecule has 1 aliphatic rings. The molecule has 2 amide bonds. The molecule has 0 saturated carbocycles.